The van der Waals surface area contributed by atoms with Crippen LogP contribution in [-0.2, 0) is 7.05 Å². The average Bonchev–Trinajstić information content (AvgIpc) is 2.75. The fraction of sp³-hybridized carbons (Fsp3) is 0.0833. The third-order valence-electron chi connectivity index (χ3n) is 2.60. The van der Waals surface area contributed by atoms with E-state index < -0.39 is 0 Å². The Morgan fingerprint density at radius 3 is 2.88 bits per heavy atom. The van der Waals surface area contributed by atoms with Crippen molar-refractivity contribution in [1.29, 1.82) is 0 Å². The lowest BCUT2D eigenvalue weighted by Crippen LogP contribution is -1.92. The van der Waals surface area contributed by atoms with E-state index in [1.165, 1.54) is 0 Å². The van der Waals surface area contributed by atoms with Gasteiger partial charge in [0.2, 0.25) is 0 Å². The summed E-state index contributed by atoms with van der Waals surface area (Å²) >= 11 is 0. The zero-order chi connectivity index (χ0) is 11.0. The molecule has 0 amide bonds. The van der Waals surface area contributed by atoms with Gasteiger partial charge in [0.25, 0.3) is 0 Å². The number of pyridine rings is 1. The number of benzene rings is 1. The van der Waals surface area contributed by atoms with Gasteiger partial charge in [0.15, 0.2) is 5.82 Å². The van der Waals surface area contributed by atoms with Crippen molar-refractivity contribution in [2.24, 2.45) is 7.05 Å². The number of aryl methyl sites for hydroxylation is 1. The first-order chi connectivity index (χ1) is 7.86. The van der Waals surface area contributed by atoms with Crippen molar-refractivity contribution >= 4 is 10.9 Å². The van der Waals surface area contributed by atoms with Gasteiger partial charge in [-0.15, -0.1) is 10.2 Å². The van der Waals surface area contributed by atoms with Crippen LogP contribution in [0.5, 0.6) is 0 Å². The van der Waals surface area contributed by atoms with Gasteiger partial charge < -0.3 is 4.57 Å². The van der Waals surface area contributed by atoms with Gasteiger partial charge in [-0.25, -0.2) is 0 Å². The Bertz CT molecular complexity index is 637. The van der Waals surface area contributed by atoms with Crippen LogP contribution in [0.1, 0.15) is 0 Å². The molecular weight excluding hydrogens is 200 g/mol. The Kier molecular flexibility index (Phi) is 1.93. The van der Waals surface area contributed by atoms with Crippen LogP contribution in [0.25, 0.3) is 22.3 Å². The molecule has 0 aliphatic heterocycles. The molecule has 78 valence electrons. The van der Waals surface area contributed by atoms with Crippen LogP contribution in [0.4, 0.5) is 0 Å². The summed E-state index contributed by atoms with van der Waals surface area (Å²) in [4.78, 5) is 4.32. The van der Waals surface area contributed by atoms with Crippen molar-refractivity contribution in [2.45, 2.75) is 0 Å². The van der Waals surface area contributed by atoms with Gasteiger partial charge >= 0.3 is 0 Å². The summed E-state index contributed by atoms with van der Waals surface area (Å²) < 4.78 is 1.90. The first-order valence-corrected chi connectivity index (χ1v) is 5.04. The predicted molar refractivity (Wildman–Crippen MR) is 61.7 cm³/mol. The monoisotopic (exact) mass is 210 g/mol. The van der Waals surface area contributed by atoms with E-state index in [0.29, 0.717) is 0 Å². The molecule has 1 aromatic carbocycles. The highest BCUT2D eigenvalue weighted by atomic mass is 15.2. The van der Waals surface area contributed by atoms with Crippen LogP contribution in [0.15, 0.2) is 42.9 Å². The van der Waals surface area contributed by atoms with Crippen LogP contribution < -0.4 is 0 Å². The van der Waals surface area contributed by atoms with E-state index in [4.69, 9.17) is 0 Å². The fourth-order valence-corrected chi connectivity index (χ4v) is 1.83. The Morgan fingerprint density at radius 1 is 1.12 bits per heavy atom. The zero-order valence-electron chi connectivity index (χ0n) is 8.83. The number of aromatic nitrogens is 4. The van der Waals surface area contributed by atoms with E-state index in [9.17, 15) is 0 Å². The quantitative estimate of drug-likeness (QED) is 0.617. The maximum atomic E-state index is 4.32. The normalized spacial score (nSPS) is 10.8. The SMILES string of the molecule is Cn1cnnc1-c1cccc2ncccc12. The summed E-state index contributed by atoms with van der Waals surface area (Å²) in [7, 11) is 1.94. The largest absolute Gasteiger partial charge is 0.317 e. The van der Waals surface area contributed by atoms with Crippen molar-refractivity contribution in [2.75, 3.05) is 0 Å². The average molecular weight is 210 g/mol. The topological polar surface area (TPSA) is 43.6 Å². The first kappa shape index (κ1) is 9.03. The van der Waals surface area contributed by atoms with E-state index in [1.54, 1.807) is 12.5 Å². The molecule has 0 unspecified atom stereocenters. The number of rotatable bonds is 1. The van der Waals surface area contributed by atoms with Crippen molar-refractivity contribution in [3.63, 3.8) is 0 Å². The number of nitrogens with zero attached hydrogens (tertiary/aromatic N) is 4. The summed E-state index contributed by atoms with van der Waals surface area (Å²) in [6.45, 7) is 0. The second-order valence-electron chi connectivity index (χ2n) is 3.64. The number of hydrogen-bond donors (Lipinski definition) is 0. The molecule has 0 radical (unpaired) electrons. The molecule has 0 bridgehead atoms. The van der Waals surface area contributed by atoms with Crippen molar-refractivity contribution in [3.8, 4) is 11.4 Å². The predicted octanol–water partition coefficient (Wildman–Crippen LogP) is 2.03. The lowest BCUT2D eigenvalue weighted by Gasteiger charge is -2.04. The minimum Gasteiger partial charge on any atom is -0.317 e. The van der Waals surface area contributed by atoms with Crippen molar-refractivity contribution < 1.29 is 0 Å². The highest BCUT2D eigenvalue weighted by Crippen LogP contribution is 2.24. The lowest BCUT2D eigenvalue weighted by molar-refractivity contribution is 0.921. The van der Waals surface area contributed by atoms with Gasteiger partial charge in [-0.05, 0) is 12.1 Å². The molecule has 0 aliphatic rings. The summed E-state index contributed by atoms with van der Waals surface area (Å²) in [5, 5.41) is 9.12. The van der Waals surface area contributed by atoms with Gasteiger partial charge in [-0.3, -0.25) is 4.98 Å². The van der Waals surface area contributed by atoms with E-state index in [-0.39, 0.29) is 0 Å². The summed E-state index contributed by atoms with van der Waals surface area (Å²) in [6.07, 6.45) is 3.49. The molecule has 0 fully saturated rings. The molecule has 2 heterocycles. The van der Waals surface area contributed by atoms with E-state index >= 15 is 0 Å². The molecule has 4 heteroatoms. The molecule has 0 saturated carbocycles. The van der Waals surface area contributed by atoms with Crippen LogP contribution in [0.2, 0.25) is 0 Å². The van der Waals surface area contributed by atoms with E-state index in [1.807, 2.05) is 41.9 Å². The lowest BCUT2D eigenvalue weighted by atomic mass is 10.1. The molecule has 2 aromatic heterocycles. The molecule has 0 atom stereocenters. The van der Waals surface area contributed by atoms with Crippen LogP contribution >= 0.6 is 0 Å². The first-order valence-electron chi connectivity index (χ1n) is 5.04. The molecule has 0 saturated heterocycles. The Hall–Kier alpha value is -2.23. The van der Waals surface area contributed by atoms with Crippen LogP contribution in [-0.4, -0.2) is 19.7 Å². The summed E-state index contributed by atoms with van der Waals surface area (Å²) in [5.74, 6) is 0.860. The van der Waals surface area contributed by atoms with E-state index in [0.717, 1.165) is 22.3 Å². The molecule has 4 nitrogen and oxygen atoms in total. The summed E-state index contributed by atoms with van der Waals surface area (Å²) in [6, 6.07) is 10.00. The molecule has 0 N–H and O–H groups in total. The highest BCUT2D eigenvalue weighted by Gasteiger charge is 2.08. The molecular formula is C12H10N4. The van der Waals surface area contributed by atoms with Gasteiger partial charge in [-0.1, -0.05) is 18.2 Å². The second kappa shape index (κ2) is 3.41. The number of fused-ring (bicyclic) bond motifs is 1. The third kappa shape index (κ3) is 1.27. The van der Waals surface area contributed by atoms with Gasteiger partial charge in [0.1, 0.15) is 6.33 Å². The van der Waals surface area contributed by atoms with Gasteiger partial charge in [-0.2, -0.15) is 0 Å². The van der Waals surface area contributed by atoms with Crippen molar-refractivity contribution in [1.82, 2.24) is 19.7 Å². The Balaban J connectivity index is 2.36. The molecule has 0 aliphatic carbocycles. The fourth-order valence-electron chi connectivity index (χ4n) is 1.83. The highest BCUT2D eigenvalue weighted by molar-refractivity contribution is 5.92. The second-order valence-corrected chi connectivity index (χ2v) is 3.64. The minimum atomic E-state index is 0.860. The smallest absolute Gasteiger partial charge is 0.164 e. The maximum absolute atomic E-state index is 4.32. The molecule has 0 spiro atoms. The standard InChI is InChI=1S/C12H10N4/c1-16-8-14-15-12(16)10-4-2-6-11-9(10)5-3-7-13-11/h2-8H,1H3. The van der Waals surface area contributed by atoms with Gasteiger partial charge in [0.05, 0.1) is 5.52 Å². The Labute approximate surface area is 92.6 Å². The van der Waals surface area contributed by atoms with Crippen LogP contribution in [0.3, 0.4) is 0 Å². The van der Waals surface area contributed by atoms with Gasteiger partial charge in [0, 0.05) is 24.2 Å². The zero-order valence-corrected chi connectivity index (χ0v) is 8.83. The Morgan fingerprint density at radius 2 is 2.06 bits per heavy atom. The maximum Gasteiger partial charge on any atom is 0.164 e. The van der Waals surface area contributed by atoms with E-state index in [2.05, 4.69) is 15.2 Å². The minimum absolute atomic E-state index is 0.860. The molecule has 16 heavy (non-hydrogen) atoms. The van der Waals surface area contributed by atoms with Crippen LogP contribution in [0, 0.1) is 0 Å². The summed E-state index contributed by atoms with van der Waals surface area (Å²) in [5.41, 5.74) is 2.04. The molecule has 3 rings (SSSR count). The number of hydrogen-bond acceptors (Lipinski definition) is 3. The third-order valence-corrected chi connectivity index (χ3v) is 2.60. The van der Waals surface area contributed by atoms with Crippen molar-refractivity contribution in [3.05, 3.63) is 42.9 Å². The molecule has 3 aromatic rings.